The summed E-state index contributed by atoms with van der Waals surface area (Å²) in [7, 11) is 0. The molecule has 2 heteroatoms. The summed E-state index contributed by atoms with van der Waals surface area (Å²) in [5.74, 6) is 0. The van der Waals surface area contributed by atoms with Crippen molar-refractivity contribution in [1.29, 1.82) is 0 Å². The van der Waals surface area contributed by atoms with Gasteiger partial charge in [0, 0.05) is 17.6 Å². The highest BCUT2D eigenvalue weighted by atomic mass is 79.9. The summed E-state index contributed by atoms with van der Waals surface area (Å²) in [5.41, 5.74) is 2.68. The number of aryl methyl sites for hydroxylation is 1. The molecule has 0 aliphatic carbocycles. The van der Waals surface area contributed by atoms with Crippen LogP contribution in [0, 0.1) is 6.92 Å². The topological polar surface area (TPSA) is 3.24 Å². The maximum Gasteiger partial charge on any atom is 0.0513 e. The Bertz CT molecular complexity index is 303. The second-order valence-corrected chi connectivity index (χ2v) is 4.40. The summed E-state index contributed by atoms with van der Waals surface area (Å²) < 4.78 is 1.26. The van der Waals surface area contributed by atoms with Crippen molar-refractivity contribution in [2.24, 2.45) is 0 Å². The van der Waals surface area contributed by atoms with Gasteiger partial charge in [0.05, 0.1) is 5.69 Å². The van der Waals surface area contributed by atoms with E-state index in [4.69, 9.17) is 0 Å². The van der Waals surface area contributed by atoms with Gasteiger partial charge in [-0.05, 0) is 47.3 Å². The van der Waals surface area contributed by atoms with Crippen LogP contribution >= 0.6 is 15.9 Å². The summed E-state index contributed by atoms with van der Waals surface area (Å²) in [6, 6.07) is 6.47. The molecule has 0 atom stereocenters. The standard InChI is InChI=1S/C11H14BrN/c1-9-5-4-6-10(11(9)12)13-7-2-3-8-13/h4-6H,2-3,7-8H2,1H3. The third-order valence-electron chi connectivity index (χ3n) is 2.62. The summed E-state index contributed by atoms with van der Waals surface area (Å²) in [4.78, 5) is 2.46. The maximum atomic E-state index is 3.65. The third kappa shape index (κ3) is 1.73. The van der Waals surface area contributed by atoms with Gasteiger partial charge in [-0.1, -0.05) is 12.1 Å². The van der Waals surface area contributed by atoms with Gasteiger partial charge in [0.15, 0.2) is 0 Å². The van der Waals surface area contributed by atoms with E-state index in [2.05, 4.69) is 46.0 Å². The smallest absolute Gasteiger partial charge is 0.0513 e. The first kappa shape index (κ1) is 9.07. The van der Waals surface area contributed by atoms with Crippen molar-refractivity contribution in [3.05, 3.63) is 28.2 Å². The molecule has 0 saturated carbocycles. The van der Waals surface area contributed by atoms with E-state index in [1.807, 2.05) is 0 Å². The van der Waals surface area contributed by atoms with E-state index in [0.717, 1.165) is 0 Å². The van der Waals surface area contributed by atoms with Crippen molar-refractivity contribution in [3.8, 4) is 0 Å². The van der Waals surface area contributed by atoms with Crippen molar-refractivity contribution < 1.29 is 0 Å². The van der Waals surface area contributed by atoms with E-state index >= 15 is 0 Å². The molecule has 0 unspecified atom stereocenters. The zero-order valence-corrected chi connectivity index (χ0v) is 9.47. The minimum atomic E-state index is 1.21. The van der Waals surface area contributed by atoms with Crippen molar-refractivity contribution in [1.82, 2.24) is 0 Å². The van der Waals surface area contributed by atoms with Crippen LogP contribution in [-0.4, -0.2) is 13.1 Å². The number of hydrogen-bond donors (Lipinski definition) is 0. The summed E-state index contributed by atoms with van der Waals surface area (Å²) in [5, 5.41) is 0. The fourth-order valence-electron chi connectivity index (χ4n) is 1.83. The van der Waals surface area contributed by atoms with E-state index in [1.165, 1.54) is 41.7 Å². The molecule has 1 heterocycles. The van der Waals surface area contributed by atoms with Gasteiger partial charge in [-0.25, -0.2) is 0 Å². The average molecular weight is 240 g/mol. The number of halogens is 1. The molecule has 0 spiro atoms. The second-order valence-electron chi connectivity index (χ2n) is 3.60. The number of rotatable bonds is 1. The van der Waals surface area contributed by atoms with Crippen molar-refractivity contribution >= 4 is 21.6 Å². The summed E-state index contributed by atoms with van der Waals surface area (Å²) >= 11 is 3.65. The van der Waals surface area contributed by atoms with Gasteiger partial charge in [0.2, 0.25) is 0 Å². The fourth-order valence-corrected chi connectivity index (χ4v) is 2.35. The Labute approximate surface area is 87.9 Å². The number of nitrogens with zero attached hydrogens (tertiary/aromatic N) is 1. The molecule has 0 amide bonds. The second kappa shape index (κ2) is 3.70. The molecule has 70 valence electrons. The first-order valence-electron chi connectivity index (χ1n) is 4.79. The molecular formula is C11H14BrN. The Morgan fingerprint density at radius 2 is 1.92 bits per heavy atom. The normalized spacial score (nSPS) is 16.6. The summed E-state index contributed by atoms with van der Waals surface area (Å²) in [6.07, 6.45) is 2.67. The Morgan fingerprint density at radius 3 is 2.62 bits per heavy atom. The minimum Gasteiger partial charge on any atom is -0.371 e. The minimum absolute atomic E-state index is 1.21. The number of anilines is 1. The lowest BCUT2D eigenvalue weighted by Gasteiger charge is -2.19. The molecule has 1 aliphatic rings. The molecule has 0 radical (unpaired) electrons. The van der Waals surface area contributed by atoms with Crippen LogP contribution in [0.5, 0.6) is 0 Å². The van der Waals surface area contributed by atoms with Crippen LogP contribution in [0.2, 0.25) is 0 Å². The van der Waals surface area contributed by atoms with Gasteiger partial charge >= 0.3 is 0 Å². The van der Waals surface area contributed by atoms with E-state index < -0.39 is 0 Å². The first-order valence-corrected chi connectivity index (χ1v) is 5.58. The Balaban J connectivity index is 2.33. The van der Waals surface area contributed by atoms with Gasteiger partial charge in [-0.3, -0.25) is 0 Å². The Kier molecular flexibility index (Phi) is 2.58. The van der Waals surface area contributed by atoms with Gasteiger partial charge in [0.1, 0.15) is 0 Å². The van der Waals surface area contributed by atoms with Gasteiger partial charge in [-0.2, -0.15) is 0 Å². The molecule has 13 heavy (non-hydrogen) atoms. The van der Waals surface area contributed by atoms with E-state index in [9.17, 15) is 0 Å². The van der Waals surface area contributed by atoms with Crippen LogP contribution < -0.4 is 4.90 Å². The zero-order valence-electron chi connectivity index (χ0n) is 7.89. The van der Waals surface area contributed by atoms with Crippen molar-refractivity contribution in [2.45, 2.75) is 19.8 Å². The quantitative estimate of drug-likeness (QED) is 0.727. The van der Waals surface area contributed by atoms with Gasteiger partial charge in [0.25, 0.3) is 0 Å². The zero-order chi connectivity index (χ0) is 9.26. The molecule has 1 saturated heterocycles. The molecule has 1 aromatic carbocycles. The number of benzene rings is 1. The fraction of sp³-hybridized carbons (Fsp3) is 0.455. The monoisotopic (exact) mass is 239 g/mol. The molecule has 1 nitrogen and oxygen atoms in total. The molecule has 0 aromatic heterocycles. The van der Waals surface area contributed by atoms with E-state index in [1.54, 1.807) is 0 Å². The molecule has 1 fully saturated rings. The van der Waals surface area contributed by atoms with E-state index in [0.29, 0.717) is 0 Å². The van der Waals surface area contributed by atoms with Crippen LogP contribution in [0.3, 0.4) is 0 Å². The average Bonchev–Trinajstić information content (AvgIpc) is 2.62. The molecular weight excluding hydrogens is 226 g/mol. The lowest BCUT2D eigenvalue weighted by molar-refractivity contribution is 0.949. The lowest BCUT2D eigenvalue weighted by Crippen LogP contribution is -2.18. The van der Waals surface area contributed by atoms with Crippen LogP contribution in [0.15, 0.2) is 22.7 Å². The van der Waals surface area contributed by atoms with Crippen LogP contribution in [0.25, 0.3) is 0 Å². The largest absolute Gasteiger partial charge is 0.371 e. The summed E-state index contributed by atoms with van der Waals surface area (Å²) in [6.45, 7) is 4.56. The first-order chi connectivity index (χ1) is 6.29. The predicted molar refractivity (Wildman–Crippen MR) is 60.3 cm³/mol. The van der Waals surface area contributed by atoms with Crippen LogP contribution in [-0.2, 0) is 0 Å². The molecule has 0 bridgehead atoms. The highest BCUT2D eigenvalue weighted by Crippen LogP contribution is 2.31. The Hall–Kier alpha value is -0.500. The van der Waals surface area contributed by atoms with Crippen molar-refractivity contribution in [3.63, 3.8) is 0 Å². The lowest BCUT2D eigenvalue weighted by atomic mass is 10.2. The Morgan fingerprint density at radius 1 is 1.23 bits per heavy atom. The van der Waals surface area contributed by atoms with E-state index in [-0.39, 0.29) is 0 Å². The molecule has 0 N–H and O–H groups in total. The van der Waals surface area contributed by atoms with Crippen molar-refractivity contribution in [2.75, 3.05) is 18.0 Å². The molecule has 1 aliphatic heterocycles. The van der Waals surface area contributed by atoms with Gasteiger partial charge < -0.3 is 4.90 Å². The highest BCUT2D eigenvalue weighted by molar-refractivity contribution is 9.10. The van der Waals surface area contributed by atoms with Crippen LogP contribution in [0.4, 0.5) is 5.69 Å². The predicted octanol–water partition coefficient (Wildman–Crippen LogP) is 3.36. The molecule has 1 aromatic rings. The maximum absolute atomic E-state index is 3.65. The van der Waals surface area contributed by atoms with Gasteiger partial charge in [-0.15, -0.1) is 0 Å². The highest BCUT2D eigenvalue weighted by Gasteiger charge is 2.14. The number of hydrogen-bond acceptors (Lipinski definition) is 1. The SMILES string of the molecule is Cc1cccc(N2CCCC2)c1Br. The molecule has 2 rings (SSSR count). The van der Waals surface area contributed by atoms with Crippen LogP contribution in [0.1, 0.15) is 18.4 Å². The third-order valence-corrected chi connectivity index (χ3v) is 3.65.